The number of carbonyl (C=O) groups is 8. The number of carbonyl (C=O) groups excluding carboxylic acids is 7. The highest BCUT2D eigenvalue weighted by Gasteiger charge is 2.48. The van der Waals surface area contributed by atoms with E-state index in [0.717, 1.165) is 19.3 Å². The number of benzene rings is 6. The van der Waals surface area contributed by atoms with E-state index in [2.05, 4.69) is 45.3 Å². The molecule has 6 aromatic carbocycles. The van der Waals surface area contributed by atoms with Crippen LogP contribution in [0.4, 0.5) is 36.7 Å². The number of pyridine rings is 2. The topological polar surface area (TPSA) is 363 Å². The molecule has 4 fully saturated rings. The minimum absolute atomic E-state index is 0. The Bertz CT molecular complexity index is 6210. The van der Waals surface area contributed by atoms with Gasteiger partial charge in [-0.1, -0.05) is 110 Å². The number of H-pyrrole nitrogens is 4. The number of hydrogen-bond donors (Lipinski definition) is 7. The minimum Gasteiger partial charge on any atom is -0.481 e. The summed E-state index contributed by atoms with van der Waals surface area (Å²) in [7, 11) is 3.73. The SMILES string of the molecule is C.CC(C)(C)OC(=O)N1CCCC1c1cc(=O)c2ccc(-c3ccc4c(c3)C(F)(F)c3cc(-c5cnc(C6CCCN6C(=O)OC(C)(C)C)[nH]5)ccc3-4)cc2[nH]1.COC(=O)C[C@H](C(=O)O)C(C)C.COC(=O)N[C@H](C(=O)N1CCCC1c1cc(=O)c2ccc(-c3ccc4c(c3)C(F)(F)c3cc(-c5cnc([C@@H]6CCCN6C(=O)[C@@H](NC(=O)OC)C(C)C)[nH]5)ccc3-4)cc2[nH]1)C(C)C.S.S.S.S.S. The Balaban J connectivity index is 0.000000288. The van der Waals surface area contributed by atoms with E-state index in [1.54, 1.807) is 125 Å². The highest BCUT2D eigenvalue weighted by molar-refractivity contribution is 7.60. The van der Waals surface area contributed by atoms with Gasteiger partial charge in [0.05, 0.1) is 92.7 Å². The van der Waals surface area contributed by atoms with Crippen molar-refractivity contribution in [3.05, 3.63) is 199 Å². The van der Waals surface area contributed by atoms with E-state index in [9.17, 15) is 47.9 Å². The summed E-state index contributed by atoms with van der Waals surface area (Å²) >= 11 is 0. The van der Waals surface area contributed by atoms with Crippen LogP contribution in [-0.4, -0.2) is 174 Å². The number of aromatic nitrogens is 6. The second-order valence-electron chi connectivity index (χ2n) is 37.0. The molecule has 37 heteroatoms. The number of aromatic amines is 4. The molecule has 734 valence electrons. The summed E-state index contributed by atoms with van der Waals surface area (Å²) in [6, 6.07) is 30.5. The number of rotatable bonds is 18. The first kappa shape index (κ1) is 110. The predicted octanol–water partition coefficient (Wildman–Crippen LogP) is 19.8. The molecule has 7 N–H and O–H groups in total. The largest absolute Gasteiger partial charge is 0.481 e. The van der Waals surface area contributed by atoms with Crippen molar-refractivity contribution in [1.82, 2.24) is 60.1 Å². The zero-order valence-electron chi connectivity index (χ0n) is 77.9. The van der Waals surface area contributed by atoms with Gasteiger partial charge in [0.15, 0.2) is 10.9 Å². The van der Waals surface area contributed by atoms with Crippen LogP contribution in [0.25, 0.3) is 88.8 Å². The Morgan fingerprint density at radius 3 is 1.10 bits per heavy atom. The van der Waals surface area contributed by atoms with Crippen molar-refractivity contribution < 1.29 is 84.7 Å². The van der Waals surface area contributed by atoms with Gasteiger partial charge in [-0.15, -0.1) is 0 Å². The highest BCUT2D eigenvalue weighted by atomic mass is 32.1. The number of nitrogens with one attached hydrogen (secondary N) is 6. The number of halogens is 4. The average Bonchev–Trinajstić information content (AvgIpc) is 1.57. The first-order chi connectivity index (χ1) is 61.6. The fourth-order valence-electron chi connectivity index (χ4n) is 18.2. The molecule has 10 aromatic rings. The zero-order chi connectivity index (χ0) is 93.7. The third-order valence-corrected chi connectivity index (χ3v) is 24.9. The van der Waals surface area contributed by atoms with Crippen LogP contribution in [0.3, 0.4) is 0 Å². The molecule has 6 amide bonds. The number of amides is 6. The first-order valence-corrected chi connectivity index (χ1v) is 43.9. The van der Waals surface area contributed by atoms with Crippen LogP contribution in [0, 0.1) is 23.7 Å². The maximum Gasteiger partial charge on any atom is 0.410 e. The van der Waals surface area contributed by atoms with Crippen LogP contribution in [0.2, 0.25) is 0 Å². The number of imidazole rings is 2. The van der Waals surface area contributed by atoms with Crippen molar-refractivity contribution in [2.45, 2.75) is 208 Å². The molecular formula is C99H124F4N12O16S5. The number of esters is 1. The molecule has 4 saturated heterocycles. The highest BCUT2D eigenvalue weighted by Crippen LogP contribution is 2.55. The lowest BCUT2D eigenvalue weighted by atomic mass is 9.93. The number of nitrogens with zero attached hydrogens (tertiary/aromatic N) is 6. The smallest absolute Gasteiger partial charge is 0.410 e. The number of fused-ring (bicyclic) bond motifs is 8. The van der Waals surface area contributed by atoms with Crippen molar-refractivity contribution in [3.63, 3.8) is 0 Å². The van der Waals surface area contributed by atoms with Gasteiger partial charge in [0.2, 0.25) is 11.8 Å². The summed E-state index contributed by atoms with van der Waals surface area (Å²) < 4.78 is 91.1. The van der Waals surface area contributed by atoms with E-state index in [1.807, 2.05) is 75.3 Å². The van der Waals surface area contributed by atoms with Crippen LogP contribution in [0.1, 0.15) is 218 Å². The zero-order valence-corrected chi connectivity index (χ0v) is 82.9. The molecule has 8 heterocycles. The van der Waals surface area contributed by atoms with Gasteiger partial charge >= 0.3 is 36.3 Å². The van der Waals surface area contributed by atoms with Crippen molar-refractivity contribution in [2.24, 2.45) is 23.7 Å². The third-order valence-electron chi connectivity index (χ3n) is 24.9. The Labute approximate surface area is 822 Å². The molecule has 2 aliphatic carbocycles. The summed E-state index contributed by atoms with van der Waals surface area (Å²) in [5.41, 5.74) is 6.39. The van der Waals surface area contributed by atoms with E-state index in [1.165, 1.54) is 57.7 Å². The van der Waals surface area contributed by atoms with E-state index >= 15 is 17.6 Å². The van der Waals surface area contributed by atoms with Gasteiger partial charge < -0.3 is 69.2 Å². The number of carboxylic acids is 1. The molecular weight excluding hydrogens is 1850 g/mol. The molecule has 0 spiro atoms. The lowest BCUT2D eigenvalue weighted by Crippen LogP contribution is -2.51. The van der Waals surface area contributed by atoms with E-state index < -0.39 is 83.4 Å². The fraction of sp³-hybridized carbons (Fsp3) is 0.434. The molecule has 4 aliphatic heterocycles. The summed E-state index contributed by atoms with van der Waals surface area (Å²) in [5.74, 6) is -8.54. The van der Waals surface area contributed by atoms with Crippen molar-refractivity contribution >= 4 is 137 Å². The van der Waals surface area contributed by atoms with Gasteiger partial charge in [-0.25, -0.2) is 29.1 Å². The number of likely N-dealkylation sites (tertiary alicyclic amines) is 4. The van der Waals surface area contributed by atoms with Gasteiger partial charge in [-0.3, -0.25) is 38.6 Å². The van der Waals surface area contributed by atoms with E-state index in [0.29, 0.717) is 170 Å². The van der Waals surface area contributed by atoms with Gasteiger partial charge in [-0.2, -0.15) is 85.0 Å². The van der Waals surface area contributed by atoms with Gasteiger partial charge in [0.1, 0.15) is 34.9 Å². The monoisotopic (exact) mass is 1970 g/mol. The first-order valence-electron chi connectivity index (χ1n) is 43.9. The maximum absolute atomic E-state index is 16.6. The van der Waals surface area contributed by atoms with Crippen LogP contribution < -0.4 is 21.5 Å². The summed E-state index contributed by atoms with van der Waals surface area (Å²) in [4.78, 5) is 155. The molecule has 4 aromatic heterocycles. The molecule has 0 bridgehead atoms. The summed E-state index contributed by atoms with van der Waals surface area (Å²) in [6.45, 7) is 23.8. The Morgan fingerprint density at radius 1 is 0.441 bits per heavy atom. The van der Waals surface area contributed by atoms with Crippen molar-refractivity contribution in [1.29, 1.82) is 0 Å². The number of carboxylic acid groups (broad SMARTS) is 1. The molecule has 0 saturated carbocycles. The maximum atomic E-state index is 16.6. The van der Waals surface area contributed by atoms with E-state index in [4.69, 9.17) is 24.1 Å². The van der Waals surface area contributed by atoms with Gasteiger partial charge in [0.25, 0.3) is 11.8 Å². The molecule has 28 nitrogen and oxygen atoms in total. The van der Waals surface area contributed by atoms with Gasteiger partial charge in [-0.05, 0) is 204 Å². The van der Waals surface area contributed by atoms with Crippen molar-refractivity contribution in [2.75, 3.05) is 47.5 Å². The molecule has 16 rings (SSSR count). The number of ether oxygens (including phenoxy) is 5. The Kier molecular flexibility index (Phi) is 35.9. The lowest BCUT2D eigenvalue weighted by molar-refractivity contribution is -0.151. The Morgan fingerprint density at radius 2 is 0.757 bits per heavy atom. The second kappa shape index (κ2) is 44.4. The quantitative estimate of drug-likeness (QED) is 0.0238. The predicted molar refractivity (Wildman–Crippen MR) is 539 cm³/mol. The summed E-state index contributed by atoms with van der Waals surface area (Å²) in [5, 5.41) is 14.9. The lowest BCUT2D eigenvalue weighted by Gasteiger charge is -2.31. The number of aliphatic carboxylic acids is 1. The molecule has 7 atom stereocenters. The number of alkyl carbamates (subject to hydrolysis) is 2. The molecule has 0 radical (unpaired) electrons. The summed E-state index contributed by atoms with van der Waals surface area (Å²) in [6.07, 6.45) is 6.59. The van der Waals surface area contributed by atoms with Crippen LogP contribution in [0.5, 0.6) is 0 Å². The van der Waals surface area contributed by atoms with Crippen molar-refractivity contribution in [3.8, 4) is 67.0 Å². The molecule has 6 aliphatic rings. The van der Waals surface area contributed by atoms with Gasteiger partial charge in [0, 0.05) is 93.9 Å². The Hall–Kier alpha value is -11.4. The van der Waals surface area contributed by atoms with Crippen LogP contribution in [0.15, 0.2) is 143 Å². The third kappa shape index (κ3) is 23.0. The second-order valence-corrected chi connectivity index (χ2v) is 37.0. The number of hydrogen-bond acceptors (Lipinski definition) is 17. The standard InChI is InChI=1S/C47H51F2N7O7.C43H45F2N5O5.C8H14O4.CH4.5H2S/c1-24(2)40(53-45(60)62-5)43(58)55-17-7-9-37(55)35-22-39(57)31-16-12-27(21-34(31)51-35)26-11-14-29-30-15-13-28(20-33(30)47(48,49)32(29)19-26)36-23-50-42(52-36)38-10-8-18-56(38)44(59)41(25(3)4)54-46(61)63-6;1-41(2,3)54-39(52)49-17-7-9-35(49)33-22-37(51)29-16-12-25(21-32(29)47-33)24-11-14-27-28-15-13-26(20-31(28)43(44,45)30(27)19-24)34-23-46-38(48-34)36-10-8-18-50(36)40(53)55-42(4,5)6;1-5(2)6(8(10)11)4-7(9)12-3;;;;;;/h11-16,19-25,37-38,40-41H,7-10,17-18H2,1-6H3,(H,50,52)(H,51,57)(H,53,60)(H,54,61);11-16,19-23,35-36H,7-10,17-18H2,1-6H3,(H,46,48)(H,47,51);5-6H,4H2,1-3H3,(H,10,11);1H4;5*1H2/t37?,38-,40-,41-;;6-;;;;;;/m0.0....../s1. The number of methoxy groups -OCH3 is 3. The number of alkyl halides is 4. The minimum atomic E-state index is -3.33. The normalized spacial score (nSPS) is 17.5. The van der Waals surface area contributed by atoms with Crippen LogP contribution in [-0.2, 0) is 54.7 Å². The molecule has 136 heavy (non-hydrogen) atoms. The van der Waals surface area contributed by atoms with Crippen LogP contribution >= 0.6 is 67.5 Å². The average molecular weight is 1970 g/mol. The molecule has 3 unspecified atom stereocenters. The fourth-order valence-corrected chi connectivity index (χ4v) is 18.2. The van der Waals surface area contributed by atoms with E-state index in [-0.39, 0.29) is 162 Å².